The fourth-order valence-corrected chi connectivity index (χ4v) is 3.01. The van der Waals surface area contributed by atoms with Crippen molar-refractivity contribution in [3.8, 4) is 0 Å². The molecule has 0 saturated heterocycles. The van der Waals surface area contributed by atoms with Gasteiger partial charge in [-0.15, -0.1) is 0 Å². The summed E-state index contributed by atoms with van der Waals surface area (Å²) in [7, 11) is 0. The molecule has 0 bridgehead atoms. The Hall–Kier alpha value is -1.81. The van der Waals surface area contributed by atoms with Gasteiger partial charge in [0.15, 0.2) is 0 Å². The van der Waals surface area contributed by atoms with Gasteiger partial charge < -0.3 is 14.8 Å². The van der Waals surface area contributed by atoms with Gasteiger partial charge in [-0.3, -0.25) is 0 Å². The van der Waals surface area contributed by atoms with E-state index in [1.165, 1.54) is 35.5 Å². The Bertz CT molecular complexity index is 642. The predicted molar refractivity (Wildman–Crippen MR) is 84.3 cm³/mol. The van der Waals surface area contributed by atoms with Crippen molar-refractivity contribution in [2.24, 2.45) is 0 Å². The van der Waals surface area contributed by atoms with E-state index in [-0.39, 0.29) is 0 Å². The van der Waals surface area contributed by atoms with Crippen molar-refractivity contribution in [1.82, 2.24) is 14.9 Å². The van der Waals surface area contributed by atoms with Crippen LogP contribution < -0.4 is 10.2 Å². The molecule has 0 radical (unpaired) electrons. The zero-order chi connectivity index (χ0) is 14.2. The van der Waals surface area contributed by atoms with Crippen LogP contribution in [0, 0.1) is 6.92 Å². The summed E-state index contributed by atoms with van der Waals surface area (Å²) in [5.74, 6) is 1.17. The number of aromatic nitrogens is 2. The number of benzene rings is 1. The second-order valence-corrected chi connectivity index (χ2v) is 6.22. The molecule has 2 aromatic rings. The fraction of sp³-hybridized carbons (Fsp3) is 0.471. The molecule has 4 rings (SSSR count). The number of hydrogen-bond donors (Lipinski definition) is 1. The smallest absolute Gasteiger partial charge is 0.128 e. The summed E-state index contributed by atoms with van der Waals surface area (Å²) >= 11 is 0. The predicted octanol–water partition coefficient (Wildman–Crippen LogP) is 2.46. The van der Waals surface area contributed by atoms with E-state index in [1.54, 1.807) is 0 Å². The third kappa shape index (κ3) is 2.68. The number of anilines is 1. The molecule has 1 aliphatic heterocycles. The SMILES string of the molecule is Cc1cc(N2CCn3ccnc3C2)ccc1CNC1CC1. The largest absolute Gasteiger partial charge is 0.362 e. The second-order valence-electron chi connectivity index (χ2n) is 6.22. The summed E-state index contributed by atoms with van der Waals surface area (Å²) in [6.07, 6.45) is 6.66. The third-order valence-corrected chi connectivity index (χ3v) is 4.59. The van der Waals surface area contributed by atoms with Gasteiger partial charge in [0.25, 0.3) is 0 Å². The molecule has 0 spiro atoms. The summed E-state index contributed by atoms with van der Waals surface area (Å²) in [5.41, 5.74) is 4.12. The van der Waals surface area contributed by atoms with Crippen molar-refractivity contribution < 1.29 is 0 Å². The van der Waals surface area contributed by atoms with Crippen molar-refractivity contribution in [2.45, 2.75) is 45.4 Å². The molecule has 1 saturated carbocycles. The van der Waals surface area contributed by atoms with Gasteiger partial charge >= 0.3 is 0 Å². The van der Waals surface area contributed by atoms with Crippen molar-refractivity contribution in [1.29, 1.82) is 0 Å². The van der Waals surface area contributed by atoms with Gasteiger partial charge in [0.1, 0.15) is 5.82 Å². The second kappa shape index (κ2) is 5.19. The molecule has 2 heterocycles. The Morgan fingerprint density at radius 3 is 3.00 bits per heavy atom. The molecule has 4 heteroatoms. The van der Waals surface area contributed by atoms with Crippen molar-refractivity contribution in [3.63, 3.8) is 0 Å². The van der Waals surface area contributed by atoms with Crippen LogP contribution in [0.5, 0.6) is 0 Å². The standard InChI is InChI=1S/C17H22N4/c1-13-10-16(5-2-14(13)11-19-15-3-4-15)21-9-8-20-7-6-18-17(20)12-21/h2,5-7,10,15,19H,3-4,8-9,11-12H2,1H3. The molecule has 0 unspecified atom stereocenters. The molecule has 0 amide bonds. The minimum Gasteiger partial charge on any atom is -0.362 e. The highest BCUT2D eigenvalue weighted by molar-refractivity contribution is 5.51. The van der Waals surface area contributed by atoms with E-state index in [4.69, 9.17) is 0 Å². The average molecular weight is 282 g/mol. The number of imidazole rings is 1. The van der Waals surface area contributed by atoms with E-state index >= 15 is 0 Å². The van der Waals surface area contributed by atoms with Crippen LogP contribution in [0.15, 0.2) is 30.6 Å². The highest BCUT2D eigenvalue weighted by Crippen LogP contribution is 2.24. The Labute approximate surface area is 125 Å². The maximum absolute atomic E-state index is 4.44. The molecule has 110 valence electrons. The normalized spacial score (nSPS) is 17.9. The lowest BCUT2D eigenvalue weighted by Crippen LogP contribution is -2.33. The number of aryl methyl sites for hydroxylation is 1. The van der Waals surface area contributed by atoms with Crippen molar-refractivity contribution >= 4 is 5.69 Å². The number of nitrogens with one attached hydrogen (secondary N) is 1. The molecule has 1 aromatic heterocycles. The first-order chi connectivity index (χ1) is 10.3. The Kier molecular flexibility index (Phi) is 3.19. The number of fused-ring (bicyclic) bond motifs is 1. The Balaban J connectivity index is 1.49. The van der Waals surface area contributed by atoms with Crippen molar-refractivity contribution in [2.75, 3.05) is 11.4 Å². The van der Waals surface area contributed by atoms with Crippen LogP contribution in [0.4, 0.5) is 5.69 Å². The van der Waals surface area contributed by atoms with E-state index in [9.17, 15) is 0 Å². The average Bonchev–Trinajstić information content (AvgIpc) is 3.21. The minimum atomic E-state index is 0.769. The van der Waals surface area contributed by atoms with Crippen LogP contribution in [-0.4, -0.2) is 22.1 Å². The monoisotopic (exact) mass is 282 g/mol. The van der Waals surface area contributed by atoms with Crippen LogP contribution in [0.25, 0.3) is 0 Å². The summed E-state index contributed by atoms with van der Waals surface area (Å²) < 4.78 is 2.25. The molecule has 4 nitrogen and oxygen atoms in total. The Morgan fingerprint density at radius 2 is 2.19 bits per heavy atom. The highest BCUT2D eigenvalue weighted by atomic mass is 15.2. The van der Waals surface area contributed by atoms with E-state index < -0.39 is 0 Å². The Morgan fingerprint density at radius 1 is 1.29 bits per heavy atom. The topological polar surface area (TPSA) is 33.1 Å². The zero-order valence-electron chi connectivity index (χ0n) is 12.5. The van der Waals surface area contributed by atoms with Crippen LogP contribution in [0.3, 0.4) is 0 Å². The lowest BCUT2D eigenvalue weighted by atomic mass is 10.1. The van der Waals surface area contributed by atoms with Gasteiger partial charge in [0.05, 0.1) is 6.54 Å². The van der Waals surface area contributed by atoms with Gasteiger partial charge in [-0.25, -0.2) is 4.98 Å². The first-order valence-electron chi connectivity index (χ1n) is 7.87. The number of rotatable bonds is 4. The molecule has 2 aliphatic rings. The molecule has 1 aliphatic carbocycles. The van der Waals surface area contributed by atoms with E-state index in [0.717, 1.165) is 32.2 Å². The summed E-state index contributed by atoms with van der Waals surface area (Å²) in [5, 5.41) is 3.60. The maximum Gasteiger partial charge on any atom is 0.128 e. The molecule has 1 fully saturated rings. The fourth-order valence-electron chi connectivity index (χ4n) is 3.01. The van der Waals surface area contributed by atoms with E-state index in [2.05, 4.69) is 51.1 Å². The molecule has 0 atom stereocenters. The highest BCUT2D eigenvalue weighted by Gasteiger charge is 2.21. The van der Waals surface area contributed by atoms with Crippen LogP contribution >= 0.6 is 0 Å². The quantitative estimate of drug-likeness (QED) is 0.935. The first-order valence-corrected chi connectivity index (χ1v) is 7.87. The molecular formula is C17H22N4. The lowest BCUT2D eigenvalue weighted by Gasteiger charge is -2.30. The lowest BCUT2D eigenvalue weighted by molar-refractivity contribution is 0.560. The van der Waals surface area contributed by atoms with Crippen LogP contribution in [0.1, 0.15) is 29.8 Å². The summed E-state index contributed by atoms with van der Waals surface area (Å²) in [6, 6.07) is 7.63. The zero-order valence-corrected chi connectivity index (χ0v) is 12.5. The van der Waals surface area contributed by atoms with Gasteiger partial charge in [0, 0.05) is 43.8 Å². The maximum atomic E-state index is 4.44. The van der Waals surface area contributed by atoms with Crippen LogP contribution in [0.2, 0.25) is 0 Å². The molecule has 1 aromatic carbocycles. The van der Waals surface area contributed by atoms with E-state index in [0.29, 0.717) is 0 Å². The third-order valence-electron chi connectivity index (χ3n) is 4.59. The minimum absolute atomic E-state index is 0.769. The molecular weight excluding hydrogens is 260 g/mol. The number of nitrogens with zero attached hydrogens (tertiary/aromatic N) is 3. The van der Waals surface area contributed by atoms with Gasteiger partial charge in [-0.2, -0.15) is 0 Å². The van der Waals surface area contributed by atoms with Crippen LogP contribution in [-0.2, 0) is 19.6 Å². The van der Waals surface area contributed by atoms with Gasteiger partial charge in [-0.1, -0.05) is 6.07 Å². The number of hydrogen-bond acceptors (Lipinski definition) is 3. The van der Waals surface area contributed by atoms with Gasteiger partial charge in [0.2, 0.25) is 0 Å². The molecule has 1 N–H and O–H groups in total. The van der Waals surface area contributed by atoms with E-state index in [1.807, 2.05) is 6.20 Å². The first kappa shape index (κ1) is 12.9. The molecule has 21 heavy (non-hydrogen) atoms. The summed E-state index contributed by atoms with van der Waals surface area (Å²) in [4.78, 5) is 6.86. The van der Waals surface area contributed by atoms with Crippen molar-refractivity contribution in [3.05, 3.63) is 47.5 Å². The summed E-state index contributed by atoms with van der Waals surface area (Å²) in [6.45, 7) is 6.22. The van der Waals surface area contributed by atoms with Gasteiger partial charge in [-0.05, 0) is 43.0 Å².